The Morgan fingerprint density at radius 1 is 1.37 bits per heavy atom. The summed E-state index contributed by atoms with van der Waals surface area (Å²) in [5, 5.41) is 3.76. The Hall–Kier alpha value is -0.830. The van der Waals surface area contributed by atoms with Crippen molar-refractivity contribution in [2.24, 2.45) is 18.9 Å². The molecule has 1 saturated carbocycles. The second-order valence-electron chi connectivity index (χ2n) is 6.01. The molecule has 0 aromatic carbocycles. The van der Waals surface area contributed by atoms with Crippen molar-refractivity contribution in [2.45, 2.75) is 58.4 Å². The Morgan fingerprint density at radius 3 is 2.79 bits per heavy atom. The molecule has 1 heterocycles. The van der Waals surface area contributed by atoms with Gasteiger partial charge in [-0.15, -0.1) is 0 Å². The van der Waals surface area contributed by atoms with Crippen LogP contribution in [-0.2, 0) is 7.05 Å². The molecule has 0 saturated heterocycles. The van der Waals surface area contributed by atoms with Crippen molar-refractivity contribution in [1.82, 2.24) is 14.9 Å². The summed E-state index contributed by atoms with van der Waals surface area (Å²) in [4.78, 5) is 4.61. The van der Waals surface area contributed by atoms with Crippen molar-refractivity contribution in [3.8, 4) is 0 Å². The zero-order chi connectivity index (χ0) is 13.7. The van der Waals surface area contributed by atoms with Crippen molar-refractivity contribution >= 4 is 0 Å². The second kappa shape index (κ2) is 7.09. The summed E-state index contributed by atoms with van der Waals surface area (Å²) in [6, 6.07) is 0.450. The lowest BCUT2D eigenvalue weighted by atomic mass is 9.73. The highest BCUT2D eigenvalue weighted by molar-refractivity contribution is 5.07. The number of aromatic nitrogens is 2. The third kappa shape index (κ3) is 3.59. The first-order valence-corrected chi connectivity index (χ1v) is 7.97. The number of aryl methyl sites for hydroxylation is 1. The number of nitrogens with zero attached hydrogens (tertiary/aromatic N) is 2. The Morgan fingerprint density at radius 2 is 2.16 bits per heavy atom. The maximum Gasteiger partial charge on any atom is 0.0947 e. The highest BCUT2D eigenvalue weighted by atomic mass is 15.0. The van der Waals surface area contributed by atoms with Gasteiger partial charge in [0, 0.05) is 13.2 Å². The Labute approximate surface area is 117 Å². The summed E-state index contributed by atoms with van der Waals surface area (Å²) in [6.07, 6.45) is 12.2. The molecule has 1 N–H and O–H groups in total. The number of hydrogen-bond acceptors (Lipinski definition) is 2. The summed E-state index contributed by atoms with van der Waals surface area (Å²) < 4.78 is 2.07. The third-order valence-electron chi connectivity index (χ3n) is 4.58. The number of imidazole rings is 1. The smallest absolute Gasteiger partial charge is 0.0947 e. The maximum absolute atomic E-state index is 4.61. The zero-order valence-electron chi connectivity index (χ0n) is 12.7. The summed E-state index contributed by atoms with van der Waals surface area (Å²) in [5.41, 5.74) is 1.24. The lowest BCUT2D eigenvalue weighted by Crippen LogP contribution is -2.35. The second-order valence-corrected chi connectivity index (χ2v) is 6.01. The van der Waals surface area contributed by atoms with Crippen LogP contribution in [-0.4, -0.2) is 16.1 Å². The van der Waals surface area contributed by atoms with Crippen molar-refractivity contribution < 1.29 is 0 Å². The van der Waals surface area contributed by atoms with Crippen LogP contribution in [0.1, 0.15) is 64.1 Å². The predicted octanol–water partition coefficient (Wildman–Crippen LogP) is 3.68. The summed E-state index contributed by atoms with van der Waals surface area (Å²) >= 11 is 0. The van der Waals surface area contributed by atoms with Gasteiger partial charge in [0.05, 0.1) is 18.1 Å². The van der Waals surface area contributed by atoms with Gasteiger partial charge in [-0.05, 0) is 31.2 Å². The molecule has 1 aliphatic carbocycles. The number of rotatable bonds is 6. The first kappa shape index (κ1) is 14.6. The predicted molar refractivity (Wildman–Crippen MR) is 80.0 cm³/mol. The van der Waals surface area contributed by atoms with Gasteiger partial charge in [0.25, 0.3) is 0 Å². The minimum Gasteiger partial charge on any atom is -0.340 e. The molecule has 0 aliphatic heterocycles. The fourth-order valence-corrected chi connectivity index (χ4v) is 3.55. The molecule has 2 rings (SSSR count). The van der Waals surface area contributed by atoms with E-state index in [4.69, 9.17) is 0 Å². The normalized spacial score (nSPS) is 25.4. The SMILES string of the molecule is CCCNC(c1cn(C)cn1)C1CCCCC1CC. The van der Waals surface area contributed by atoms with Crippen molar-refractivity contribution in [2.75, 3.05) is 6.54 Å². The monoisotopic (exact) mass is 263 g/mol. The van der Waals surface area contributed by atoms with Gasteiger partial charge in [0.1, 0.15) is 0 Å². The maximum atomic E-state index is 4.61. The molecule has 3 unspecified atom stereocenters. The van der Waals surface area contributed by atoms with Crippen LogP contribution in [0.3, 0.4) is 0 Å². The fourth-order valence-electron chi connectivity index (χ4n) is 3.55. The number of nitrogens with one attached hydrogen (secondary N) is 1. The third-order valence-corrected chi connectivity index (χ3v) is 4.58. The van der Waals surface area contributed by atoms with Crippen LogP contribution >= 0.6 is 0 Å². The van der Waals surface area contributed by atoms with Crippen molar-refractivity contribution in [3.63, 3.8) is 0 Å². The molecule has 19 heavy (non-hydrogen) atoms. The van der Waals surface area contributed by atoms with E-state index in [2.05, 4.69) is 42.0 Å². The van der Waals surface area contributed by atoms with E-state index in [1.54, 1.807) is 0 Å². The van der Waals surface area contributed by atoms with Crippen LogP contribution in [0.2, 0.25) is 0 Å². The molecule has 108 valence electrons. The van der Waals surface area contributed by atoms with E-state index < -0.39 is 0 Å². The van der Waals surface area contributed by atoms with E-state index in [1.807, 2.05) is 6.33 Å². The lowest BCUT2D eigenvalue weighted by molar-refractivity contribution is 0.173. The van der Waals surface area contributed by atoms with Crippen LogP contribution in [0.4, 0.5) is 0 Å². The van der Waals surface area contributed by atoms with Crippen LogP contribution in [0, 0.1) is 11.8 Å². The first-order valence-electron chi connectivity index (χ1n) is 7.97. The highest BCUT2D eigenvalue weighted by Crippen LogP contribution is 2.39. The number of hydrogen-bond donors (Lipinski definition) is 1. The molecule has 3 atom stereocenters. The van der Waals surface area contributed by atoms with Crippen LogP contribution < -0.4 is 5.32 Å². The molecule has 1 aromatic rings. The topological polar surface area (TPSA) is 29.9 Å². The Kier molecular flexibility index (Phi) is 5.44. The quantitative estimate of drug-likeness (QED) is 0.848. The van der Waals surface area contributed by atoms with Gasteiger partial charge < -0.3 is 9.88 Å². The molecule has 1 fully saturated rings. The van der Waals surface area contributed by atoms with Gasteiger partial charge in [-0.2, -0.15) is 0 Å². The molecule has 0 amide bonds. The molecule has 3 nitrogen and oxygen atoms in total. The van der Waals surface area contributed by atoms with E-state index in [0.717, 1.165) is 18.4 Å². The van der Waals surface area contributed by atoms with Gasteiger partial charge in [-0.3, -0.25) is 0 Å². The Balaban J connectivity index is 2.15. The zero-order valence-corrected chi connectivity index (χ0v) is 12.7. The van der Waals surface area contributed by atoms with Crippen LogP contribution in [0.25, 0.3) is 0 Å². The molecular formula is C16H29N3. The van der Waals surface area contributed by atoms with Crippen LogP contribution in [0.15, 0.2) is 12.5 Å². The fraction of sp³-hybridized carbons (Fsp3) is 0.812. The molecule has 3 heteroatoms. The summed E-state index contributed by atoms with van der Waals surface area (Å²) in [7, 11) is 2.06. The average molecular weight is 263 g/mol. The largest absolute Gasteiger partial charge is 0.340 e. The minimum atomic E-state index is 0.450. The lowest BCUT2D eigenvalue weighted by Gasteiger charge is -2.36. The van der Waals surface area contributed by atoms with Crippen LogP contribution in [0.5, 0.6) is 0 Å². The molecule has 0 bridgehead atoms. The van der Waals surface area contributed by atoms with E-state index >= 15 is 0 Å². The van der Waals surface area contributed by atoms with Gasteiger partial charge in [-0.1, -0.05) is 39.5 Å². The molecule has 1 aliphatic rings. The minimum absolute atomic E-state index is 0.450. The summed E-state index contributed by atoms with van der Waals surface area (Å²) in [5.74, 6) is 1.63. The molecule has 0 radical (unpaired) electrons. The standard InChI is InChI=1S/C16H29N3/c1-4-10-17-16(15-11-19(3)12-18-15)14-9-7-6-8-13(14)5-2/h11-14,16-17H,4-10H2,1-3H3. The van der Waals surface area contributed by atoms with Gasteiger partial charge in [0.15, 0.2) is 0 Å². The van der Waals surface area contributed by atoms with E-state index in [0.29, 0.717) is 6.04 Å². The van der Waals surface area contributed by atoms with Crippen molar-refractivity contribution in [3.05, 3.63) is 18.2 Å². The highest BCUT2D eigenvalue weighted by Gasteiger charge is 2.32. The molecule has 1 aromatic heterocycles. The van der Waals surface area contributed by atoms with Crippen molar-refractivity contribution in [1.29, 1.82) is 0 Å². The van der Waals surface area contributed by atoms with E-state index in [9.17, 15) is 0 Å². The Bertz CT molecular complexity index is 372. The van der Waals surface area contributed by atoms with Gasteiger partial charge in [0.2, 0.25) is 0 Å². The van der Waals surface area contributed by atoms with E-state index in [1.165, 1.54) is 44.2 Å². The van der Waals surface area contributed by atoms with E-state index in [-0.39, 0.29) is 0 Å². The van der Waals surface area contributed by atoms with Gasteiger partial charge in [-0.25, -0.2) is 4.98 Å². The van der Waals surface area contributed by atoms with Gasteiger partial charge >= 0.3 is 0 Å². The molecular weight excluding hydrogens is 234 g/mol. The average Bonchev–Trinajstić information content (AvgIpc) is 2.86. The summed E-state index contributed by atoms with van der Waals surface area (Å²) in [6.45, 7) is 5.67. The first-order chi connectivity index (χ1) is 9.26. The molecule has 0 spiro atoms.